The van der Waals surface area contributed by atoms with Crippen molar-refractivity contribution in [2.24, 2.45) is 0 Å². The molecule has 4 nitrogen and oxygen atoms in total. The Morgan fingerprint density at radius 1 is 1.18 bits per heavy atom. The highest BCUT2D eigenvalue weighted by Gasteiger charge is 2.10. The molecule has 0 fully saturated rings. The smallest absolute Gasteiger partial charge is 0.258 e. The Morgan fingerprint density at radius 2 is 1.86 bits per heavy atom. The van der Waals surface area contributed by atoms with Gasteiger partial charge in [0.25, 0.3) is 5.91 Å². The van der Waals surface area contributed by atoms with Crippen LogP contribution in [0.2, 0.25) is 0 Å². The van der Waals surface area contributed by atoms with Gasteiger partial charge in [-0.2, -0.15) is 0 Å². The Hall–Kier alpha value is -1.67. The van der Waals surface area contributed by atoms with E-state index in [9.17, 15) is 4.79 Å². The molecule has 0 aromatic heterocycles. The van der Waals surface area contributed by atoms with E-state index in [1.165, 1.54) is 0 Å². The summed E-state index contributed by atoms with van der Waals surface area (Å²) in [6.45, 7) is 0.537. The molecule has 1 amide bonds. The van der Waals surface area contributed by atoms with Gasteiger partial charge >= 0.3 is 0 Å². The molecule has 0 aliphatic carbocycles. The summed E-state index contributed by atoms with van der Waals surface area (Å²) >= 11 is 7.27. The minimum atomic E-state index is -0.211. The van der Waals surface area contributed by atoms with E-state index in [4.69, 9.17) is 17.0 Å². The lowest BCUT2D eigenvalue weighted by molar-refractivity contribution is 0.0976. The van der Waals surface area contributed by atoms with Crippen molar-refractivity contribution in [3.05, 3.63) is 63.2 Å². The number of carbonyl (C=O) groups is 1. The van der Waals surface area contributed by atoms with Gasteiger partial charge in [0.2, 0.25) is 0 Å². The van der Waals surface area contributed by atoms with E-state index in [1.807, 2.05) is 42.5 Å². The number of benzene rings is 2. The van der Waals surface area contributed by atoms with Crippen molar-refractivity contribution < 1.29 is 9.53 Å². The van der Waals surface area contributed by atoms with Gasteiger partial charge in [0.1, 0.15) is 5.75 Å². The maximum atomic E-state index is 12.1. The molecule has 0 aliphatic heterocycles. The standard InChI is InChI=1S/C16H15IN2O2S/c1-21-12-8-6-11(7-9-12)10-18-16(22)19-15(20)13-4-2-3-5-14(13)17/h2-9H,10H2,1H3,(H2,18,19,20,22). The van der Waals surface area contributed by atoms with Crippen LogP contribution >= 0.6 is 34.8 Å². The molecule has 0 bridgehead atoms. The zero-order chi connectivity index (χ0) is 15.9. The molecule has 2 aromatic carbocycles. The predicted octanol–water partition coefficient (Wildman–Crippen LogP) is 3.10. The molecule has 0 saturated carbocycles. The van der Waals surface area contributed by atoms with Crippen LogP contribution in [0.4, 0.5) is 0 Å². The number of methoxy groups -OCH3 is 1. The fourth-order valence-corrected chi connectivity index (χ4v) is 2.58. The van der Waals surface area contributed by atoms with Gasteiger partial charge in [-0.05, 0) is 64.6 Å². The van der Waals surface area contributed by atoms with Crippen molar-refractivity contribution in [1.82, 2.24) is 10.6 Å². The third-order valence-electron chi connectivity index (χ3n) is 2.96. The van der Waals surface area contributed by atoms with Gasteiger partial charge in [-0.3, -0.25) is 10.1 Å². The third-order valence-corrected chi connectivity index (χ3v) is 4.14. The minimum Gasteiger partial charge on any atom is -0.497 e. The number of amides is 1. The number of thiocarbonyl (C=S) groups is 1. The average molecular weight is 426 g/mol. The fraction of sp³-hybridized carbons (Fsp3) is 0.125. The maximum Gasteiger partial charge on any atom is 0.258 e. The molecule has 114 valence electrons. The Morgan fingerprint density at radius 3 is 2.50 bits per heavy atom. The van der Waals surface area contributed by atoms with Gasteiger partial charge in [-0.25, -0.2) is 0 Å². The Bertz CT molecular complexity index is 674. The zero-order valence-corrected chi connectivity index (χ0v) is 14.9. The van der Waals surface area contributed by atoms with Crippen molar-refractivity contribution in [3.8, 4) is 5.75 Å². The SMILES string of the molecule is COc1ccc(CNC(=S)NC(=O)c2ccccc2I)cc1. The lowest BCUT2D eigenvalue weighted by Gasteiger charge is -2.10. The van der Waals surface area contributed by atoms with E-state index in [0.717, 1.165) is 14.9 Å². The number of halogens is 1. The molecule has 0 spiro atoms. The van der Waals surface area contributed by atoms with Crippen molar-refractivity contribution in [1.29, 1.82) is 0 Å². The summed E-state index contributed by atoms with van der Waals surface area (Å²) in [5.74, 6) is 0.593. The number of hydrogen-bond acceptors (Lipinski definition) is 3. The second-order valence-electron chi connectivity index (χ2n) is 4.46. The molecule has 0 saturated heterocycles. The van der Waals surface area contributed by atoms with E-state index >= 15 is 0 Å². The van der Waals surface area contributed by atoms with Gasteiger partial charge in [0.05, 0.1) is 12.7 Å². The summed E-state index contributed by atoms with van der Waals surface area (Å²) in [6, 6.07) is 15.0. The summed E-state index contributed by atoms with van der Waals surface area (Å²) in [4.78, 5) is 12.1. The maximum absolute atomic E-state index is 12.1. The first kappa shape index (κ1) is 16.7. The van der Waals surface area contributed by atoms with Crippen molar-refractivity contribution >= 4 is 45.8 Å². The van der Waals surface area contributed by atoms with Gasteiger partial charge in [0, 0.05) is 10.1 Å². The molecule has 0 heterocycles. The summed E-state index contributed by atoms with van der Waals surface area (Å²) < 4.78 is 5.99. The lowest BCUT2D eigenvalue weighted by atomic mass is 10.2. The zero-order valence-electron chi connectivity index (χ0n) is 11.9. The first-order chi connectivity index (χ1) is 10.6. The number of rotatable bonds is 4. The fourth-order valence-electron chi connectivity index (χ4n) is 1.79. The van der Waals surface area contributed by atoms with E-state index in [2.05, 4.69) is 33.2 Å². The molecule has 2 aromatic rings. The van der Waals surface area contributed by atoms with Crippen LogP contribution < -0.4 is 15.4 Å². The molecule has 0 unspecified atom stereocenters. The van der Waals surface area contributed by atoms with E-state index < -0.39 is 0 Å². The van der Waals surface area contributed by atoms with Crippen LogP contribution in [0.25, 0.3) is 0 Å². The van der Waals surface area contributed by atoms with Crippen LogP contribution in [0.5, 0.6) is 5.75 Å². The largest absolute Gasteiger partial charge is 0.497 e. The van der Waals surface area contributed by atoms with Crippen LogP contribution in [0.3, 0.4) is 0 Å². The average Bonchev–Trinajstić information content (AvgIpc) is 2.53. The molecule has 6 heteroatoms. The molecule has 2 N–H and O–H groups in total. The predicted molar refractivity (Wildman–Crippen MR) is 99.1 cm³/mol. The molecule has 0 aliphatic rings. The summed E-state index contributed by atoms with van der Waals surface area (Å²) in [7, 11) is 1.63. The van der Waals surface area contributed by atoms with Crippen LogP contribution in [0.1, 0.15) is 15.9 Å². The van der Waals surface area contributed by atoms with Gasteiger partial charge in [-0.15, -0.1) is 0 Å². The quantitative estimate of drug-likeness (QED) is 0.583. The first-order valence-electron chi connectivity index (χ1n) is 6.57. The van der Waals surface area contributed by atoms with Gasteiger partial charge < -0.3 is 10.1 Å². The Kier molecular flexibility index (Phi) is 6.14. The van der Waals surface area contributed by atoms with Gasteiger partial charge in [-0.1, -0.05) is 24.3 Å². The summed E-state index contributed by atoms with van der Waals surface area (Å²) in [5.41, 5.74) is 1.66. The number of ether oxygens (including phenoxy) is 1. The summed E-state index contributed by atoms with van der Waals surface area (Å²) in [6.07, 6.45) is 0. The second kappa shape index (κ2) is 8.09. The highest BCUT2D eigenvalue weighted by atomic mass is 127. The normalized spacial score (nSPS) is 9.91. The third kappa shape index (κ3) is 4.67. The van der Waals surface area contributed by atoms with Crippen LogP contribution in [0.15, 0.2) is 48.5 Å². The summed E-state index contributed by atoms with van der Waals surface area (Å²) in [5, 5.41) is 6.00. The minimum absolute atomic E-state index is 0.211. The van der Waals surface area contributed by atoms with Crippen molar-refractivity contribution in [2.75, 3.05) is 7.11 Å². The number of carbonyl (C=O) groups excluding carboxylic acids is 1. The number of nitrogens with one attached hydrogen (secondary N) is 2. The van der Waals surface area contributed by atoms with Crippen molar-refractivity contribution in [3.63, 3.8) is 0 Å². The van der Waals surface area contributed by atoms with Crippen molar-refractivity contribution in [2.45, 2.75) is 6.54 Å². The Labute approximate surface area is 148 Å². The first-order valence-corrected chi connectivity index (χ1v) is 8.05. The molecule has 22 heavy (non-hydrogen) atoms. The molecular formula is C16H15IN2O2S. The van der Waals surface area contributed by atoms with Crippen LogP contribution in [-0.2, 0) is 6.54 Å². The van der Waals surface area contributed by atoms with E-state index in [0.29, 0.717) is 17.2 Å². The second-order valence-corrected chi connectivity index (χ2v) is 6.04. The molecule has 2 rings (SSSR count). The van der Waals surface area contributed by atoms with Crippen LogP contribution in [-0.4, -0.2) is 18.1 Å². The lowest BCUT2D eigenvalue weighted by Crippen LogP contribution is -2.39. The van der Waals surface area contributed by atoms with E-state index in [1.54, 1.807) is 13.2 Å². The molecular weight excluding hydrogens is 411 g/mol. The Balaban J connectivity index is 1.87. The van der Waals surface area contributed by atoms with Crippen LogP contribution in [0, 0.1) is 3.57 Å². The highest BCUT2D eigenvalue weighted by molar-refractivity contribution is 14.1. The molecule has 0 radical (unpaired) electrons. The molecule has 0 atom stereocenters. The highest BCUT2D eigenvalue weighted by Crippen LogP contribution is 2.12. The monoisotopic (exact) mass is 426 g/mol. The van der Waals surface area contributed by atoms with E-state index in [-0.39, 0.29) is 5.91 Å². The number of hydrogen-bond donors (Lipinski definition) is 2. The topological polar surface area (TPSA) is 50.4 Å². The van der Waals surface area contributed by atoms with Gasteiger partial charge in [0.15, 0.2) is 5.11 Å².